The van der Waals surface area contributed by atoms with Gasteiger partial charge in [0.15, 0.2) is 5.82 Å². The van der Waals surface area contributed by atoms with Crippen molar-refractivity contribution >= 4 is 33.3 Å². The van der Waals surface area contributed by atoms with Crippen molar-refractivity contribution in [3.05, 3.63) is 40.9 Å². The number of nitrogen functional groups attached to an aromatic ring is 1. The fraction of sp³-hybridized carbons (Fsp3) is 0. The second kappa shape index (κ2) is 5.07. The van der Waals surface area contributed by atoms with Gasteiger partial charge >= 0.3 is 0 Å². The Morgan fingerprint density at radius 2 is 2.00 bits per heavy atom. The number of rotatable bonds is 3. The first-order valence-electron chi connectivity index (χ1n) is 4.70. The molecule has 0 spiro atoms. The molecule has 7 heteroatoms. The molecule has 1 aromatic carbocycles. The third kappa shape index (κ3) is 2.69. The third-order valence-electron chi connectivity index (χ3n) is 2.01. The number of hydrazine groups is 1. The van der Waals surface area contributed by atoms with Crippen molar-refractivity contribution < 1.29 is 4.39 Å². The van der Waals surface area contributed by atoms with Crippen LogP contribution in [0.1, 0.15) is 0 Å². The summed E-state index contributed by atoms with van der Waals surface area (Å²) >= 11 is 3.29. The van der Waals surface area contributed by atoms with E-state index in [1.165, 1.54) is 18.5 Å². The van der Waals surface area contributed by atoms with E-state index < -0.39 is 0 Å². The number of hydrogen-bond acceptors (Lipinski definition) is 5. The lowest BCUT2D eigenvalue weighted by molar-refractivity contribution is 0.628. The Morgan fingerprint density at radius 3 is 2.71 bits per heavy atom. The molecule has 17 heavy (non-hydrogen) atoms. The summed E-state index contributed by atoms with van der Waals surface area (Å²) in [5, 5.41) is 2.95. The number of aromatic nitrogens is 2. The number of benzene rings is 1. The van der Waals surface area contributed by atoms with Crippen LogP contribution in [0.4, 0.5) is 21.7 Å². The average Bonchev–Trinajstić information content (AvgIpc) is 2.32. The van der Waals surface area contributed by atoms with Gasteiger partial charge in [0.1, 0.15) is 22.4 Å². The lowest BCUT2D eigenvalue weighted by atomic mass is 10.3. The maximum Gasteiger partial charge on any atom is 0.159 e. The van der Waals surface area contributed by atoms with Gasteiger partial charge in [-0.25, -0.2) is 20.2 Å². The molecule has 0 bridgehead atoms. The molecule has 5 nitrogen and oxygen atoms in total. The van der Waals surface area contributed by atoms with Crippen molar-refractivity contribution in [1.29, 1.82) is 0 Å². The van der Waals surface area contributed by atoms with Crippen LogP contribution in [0.15, 0.2) is 35.1 Å². The molecule has 4 N–H and O–H groups in total. The number of nitrogens with one attached hydrogen (secondary N) is 2. The first-order chi connectivity index (χ1) is 8.20. The maximum atomic E-state index is 13.0. The summed E-state index contributed by atoms with van der Waals surface area (Å²) in [6.45, 7) is 0. The minimum atomic E-state index is -0.322. The van der Waals surface area contributed by atoms with Crippen LogP contribution in [0, 0.1) is 5.82 Å². The topological polar surface area (TPSA) is 75.9 Å². The van der Waals surface area contributed by atoms with E-state index in [1.807, 2.05) is 0 Å². The Balaban J connectivity index is 2.30. The number of nitrogens with zero attached hydrogens (tertiary/aromatic N) is 2. The second-order valence-corrected chi connectivity index (χ2v) is 3.96. The molecule has 0 amide bonds. The van der Waals surface area contributed by atoms with Crippen molar-refractivity contribution in [3.8, 4) is 0 Å². The van der Waals surface area contributed by atoms with E-state index in [0.29, 0.717) is 21.8 Å². The highest BCUT2D eigenvalue weighted by Gasteiger charge is 2.07. The summed E-state index contributed by atoms with van der Waals surface area (Å²) in [6, 6.07) is 6.07. The monoisotopic (exact) mass is 297 g/mol. The molecule has 0 aliphatic rings. The molecule has 0 atom stereocenters. The van der Waals surface area contributed by atoms with Crippen molar-refractivity contribution in [2.24, 2.45) is 5.84 Å². The van der Waals surface area contributed by atoms with Crippen LogP contribution in [0.2, 0.25) is 0 Å². The maximum absolute atomic E-state index is 13.0. The summed E-state index contributed by atoms with van der Waals surface area (Å²) in [6.07, 6.45) is 1.35. The third-order valence-corrected chi connectivity index (χ3v) is 2.76. The Labute approximate surface area is 105 Å². The summed E-state index contributed by atoms with van der Waals surface area (Å²) in [4.78, 5) is 7.93. The van der Waals surface area contributed by atoms with Gasteiger partial charge < -0.3 is 10.7 Å². The van der Waals surface area contributed by atoms with Gasteiger partial charge in [-0.3, -0.25) is 0 Å². The predicted octanol–water partition coefficient (Wildman–Crippen LogP) is 2.41. The van der Waals surface area contributed by atoms with Gasteiger partial charge in [-0.2, -0.15) is 0 Å². The van der Waals surface area contributed by atoms with Gasteiger partial charge in [0, 0.05) is 5.69 Å². The van der Waals surface area contributed by atoms with E-state index in [9.17, 15) is 4.39 Å². The van der Waals surface area contributed by atoms with Crippen molar-refractivity contribution in [2.45, 2.75) is 0 Å². The lowest BCUT2D eigenvalue weighted by Crippen LogP contribution is -2.10. The number of hydrogen-bond donors (Lipinski definition) is 3. The molecule has 0 aliphatic heterocycles. The minimum absolute atomic E-state index is 0.322. The van der Waals surface area contributed by atoms with Gasteiger partial charge in [-0.15, -0.1) is 0 Å². The standard InChI is InChI=1S/C10H9BrFN5/c11-8-9(14-5-15-10(8)17-13)16-7-3-1-2-6(12)4-7/h1-5H,13H2,(H2,14,15,16,17). The molecule has 0 fully saturated rings. The Kier molecular flexibility index (Phi) is 3.50. The summed E-state index contributed by atoms with van der Waals surface area (Å²) in [7, 11) is 0. The molecule has 0 saturated heterocycles. The molecule has 0 aliphatic carbocycles. The summed E-state index contributed by atoms with van der Waals surface area (Å²) < 4.78 is 13.6. The lowest BCUT2D eigenvalue weighted by Gasteiger charge is -2.09. The van der Waals surface area contributed by atoms with E-state index in [1.54, 1.807) is 12.1 Å². The number of anilines is 3. The van der Waals surface area contributed by atoms with Gasteiger partial charge in [-0.05, 0) is 34.1 Å². The first kappa shape index (κ1) is 11.7. The van der Waals surface area contributed by atoms with Crippen LogP contribution in [0.5, 0.6) is 0 Å². The van der Waals surface area contributed by atoms with Crippen molar-refractivity contribution in [3.63, 3.8) is 0 Å². The van der Waals surface area contributed by atoms with Crippen LogP contribution in [-0.4, -0.2) is 9.97 Å². The number of halogens is 2. The zero-order valence-electron chi connectivity index (χ0n) is 8.61. The SMILES string of the molecule is NNc1ncnc(Nc2cccc(F)c2)c1Br. The van der Waals surface area contributed by atoms with Crippen LogP contribution in [-0.2, 0) is 0 Å². The van der Waals surface area contributed by atoms with E-state index >= 15 is 0 Å². The van der Waals surface area contributed by atoms with Gasteiger partial charge in [0.2, 0.25) is 0 Å². The van der Waals surface area contributed by atoms with Crippen LogP contribution in [0.3, 0.4) is 0 Å². The van der Waals surface area contributed by atoms with E-state index in [4.69, 9.17) is 5.84 Å². The van der Waals surface area contributed by atoms with Crippen LogP contribution in [0.25, 0.3) is 0 Å². The normalized spacial score (nSPS) is 10.1. The quantitative estimate of drug-likeness (QED) is 0.599. The highest BCUT2D eigenvalue weighted by atomic mass is 79.9. The zero-order valence-corrected chi connectivity index (χ0v) is 10.2. The minimum Gasteiger partial charge on any atom is -0.339 e. The van der Waals surface area contributed by atoms with Gasteiger partial charge in [-0.1, -0.05) is 6.07 Å². The van der Waals surface area contributed by atoms with Crippen molar-refractivity contribution in [1.82, 2.24) is 9.97 Å². The van der Waals surface area contributed by atoms with E-state index in [2.05, 4.69) is 36.6 Å². The average molecular weight is 298 g/mol. The molecule has 0 radical (unpaired) electrons. The molecule has 0 saturated carbocycles. The van der Waals surface area contributed by atoms with Crippen LogP contribution >= 0.6 is 15.9 Å². The predicted molar refractivity (Wildman–Crippen MR) is 67.2 cm³/mol. The van der Waals surface area contributed by atoms with Gasteiger partial charge in [0.25, 0.3) is 0 Å². The molecule has 1 heterocycles. The second-order valence-electron chi connectivity index (χ2n) is 3.16. The summed E-state index contributed by atoms with van der Waals surface area (Å²) in [5.41, 5.74) is 3.01. The highest BCUT2D eigenvalue weighted by molar-refractivity contribution is 9.10. The molecule has 1 aromatic heterocycles. The first-order valence-corrected chi connectivity index (χ1v) is 5.49. The molecule has 0 unspecified atom stereocenters. The number of nitrogens with two attached hydrogens (primary N) is 1. The van der Waals surface area contributed by atoms with Crippen LogP contribution < -0.4 is 16.6 Å². The Bertz CT molecular complexity index is 534. The van der Waals surface area contributed by atoms with E-state index in [0.717, 1.165) is 0 Å². The highest BCUT2D eigenvalue weighted by Crippen LogP contribution is 2.28. The molecule has 2 aromatic rings. The smallest absolute Gasteiger partial charge is 0.159 e. The molecule has 88 valence electrons. The fourth-order valence-electron chi connectivity index (χ4n) is 1.26. The summed E-state index contributed by atoms with van der Waals surface area (Å²) in [5.74, 6) is 5.90. The zero-order chi connectivity index (χ0) is 12.3. The van der Waals surface area contributed by atoms with E-state index in [-0.39, 0.29) is 5.82 Å². The Hall–Kier alpha value is -1.73. The van der Waals surface area contributed by atoms with Gasteiger partial charge in [0.05, 0.1) is 0 Å². The largest absolute Gasteiger partial charge is 0.339 e. The molecule has 2 rings (SSSR count). The molecular formula is C10H9BrFN5. The fourth-order valence-corrected chi connectivity index (χ4v) is 1.68. The Morgan fingerprint density at radius 1 is 1.24 bits per heavy atom. The molecular weight excluding hydrogens is 289 g/mol. The van der Waals surface area contributed by atoms with Crippen molar-refractivity contribution in [2.75, 3.05) is 10.7 Å².